The van der Waals surface area contributed by atoms with Gasteiger partial charge in [-0.25, -0.2) is 4.39 Å². The lowest BCUT2D eigenvalue weighted by Crippen LogP contribution is -2.40. The lowest BCUT2D eigenvalue weighted by atomic mass is 9.96. The molecule has 1 saturated heterocycles. The number of piperidine rings is 1. The van der Waals surface area contributed by atoms with E-state index in [4.69, 9.17) is 16.1 Å². The third-order valence-electron chi connectivity index (χ3n) is 5.83. The van der Waals surface area contributed by atoms with Crippen LogP contribution in [0.25, 0.3) is 11.4 Å². The minimum atomic E-state index is -0.208. The molecule has 1 N–H and O–H groups in total. The van der Waals surface area contributed by atoms with Crippen LogP contribution in [-0.2, 0) is 17.1 Å². The monoisotopic (exact) mass is 502 g/mol. The summed E-state index contributed by atoms with van der Waals surface area (Å²) >= 11 is 7.73. The summed E-state index contributed by atoms with van der Waals surface area (Å²) in [5.74, 6) is 2.93. The van der Waals surface area contributed by atoms with Crippen molar-refractivity contribution in [2.75, 3.05) is 25.4 Å². The second kappa shape index (κ2) is 12.3. The van der Waals surface area contributed by atoms with Crippen molar-refractivity contribution in [3.63, 3.8) is 0 Å². The van der Waals surface area contributed by atoms with Crippen LogP contribution in [0.2, 0.25) is 5.02 Å². The molecule has 0 spiro atoms. The molecule has 1 amide bonds. The van der Waals surface area contributed by atoms with E-state index in [9.17, 15) is 9.18 Å². The molecule has 0 unspecified atom stereocenters. The van der Waals surface area contributed by atoms with E-state index in [1.54, 1.807) is 23.9 Å². The minimum Gasteiger partial charge on any atom is -0.356 e. The number of hydrogen-bond donors (Lipinski definition) is 1. The van der Waals surface area contributed by atoms with Gasteiger partial charge in [0.15, 0.2) is 0 Å². The normalized spacial score (nSPS) is 14.9. The number of nitrogens with zero attached hydrogens (tertiary/aromatic N) is 3. The Morgan fingerprint density at radius 1 is 1.15 bits per heavy atom. The van der Waals surface area contributed by atoms with Crippen molar-refractivity contribution in [2.24, 2.45) is 5.92 Å². The highest BCUT2D eigenvalue weighted by Gasteiger charge is 2.25. The maximum atomic E-state index is 12.9. The lowest BCUT2D eigenvalue weighted by Gasteiger charge is -2.30. The number of carbonyl (C=O) groups is 1. The zero-order valence-corrected chi connectivity index (χ0v) is 20.5. The summed E-state index contributed by atoms with van der Waals surface area (Å²) in [6.07, 6.45) is 2.57. The van der Waals surface area contributed by atoms with Crippen molar-refractivity contribution in [1.82, 2.24) is 20.4 Å². The van der Waals surface area contributed by atoms with Crippen molar-refractivity contribution in [3.8, 4) is 11.4 Å². The molecule has 3 aromatic rings. The zero-order chi connectivity index (χ0) is 23.8. The molecule has 9 heteroatoms. The number of hydrogen-bond acceptors (Lipinski definition) is 6. The molecule has 6 nitrogen and oxygen atoms in total. The largest absolute Gasteiger partial charge is 0.356 e. The van der Waals surface area contributed by atoms with Gasteiger partial charge in [0.05, 0.1) is 6.54 Å². The topological polar surface area (TPSA) is 71.3 Å². The van der Waals surface area contributed by atoms with Gasteiger partial charge in [-0.05, 0) is 80.1 Å². The van der Waals surface area contributed by atoms with Crippen molar-refractivity contribution in [2.45, 2.75) is 31.6 Å². The molecule has 4 rings (SSSR count). The molecule has 2 heterocycles. The predicted octanol–water partition coefficient (Wildman–Crippen LogP) is 5.18. The average Bonchev–Trinajstić information content (AvgIpc) is 3.31. The molecule has 1 aliphatic rings. The fraction of sp³-hybridized carbons (Fsp3) is 0.400. The van der Waals surface area contributed by atoms with Crippen LogP contribution in [0.3, 0.4) is 0 Å². The van der Waals surface area contributed by atoms with Crippen LogP contribution in [-0.4, -0.2) is 46.3 Å². The Morgan fingerprint density at radius 3 is 2.62 bits per heavy atom. The SMILES string of the molecule is O=C(NCCCSCc1ccc(F)cc1)C1CCN(Cc2nc(-c3ccc(Cl)cc3)no2)CC1. The molecule has 0 radical (unpaired) electrons. The number of amides is 1. The molecule has 0 bridgehead atoms. The maximum Gasteiger partial charge on any atom is 0.241 e. The fourth-order valence-corrected chi connectivity index (χ4v) is 4.93. The summed E-state index contributed by atoms with van der Waals surface area (Å²) in [5.41, 5.74) is 1.98. The molecule has 1 aliphatic heterocycles. The maximum absolute atomic E-state index is 12.9. The van der Waals surface area contributed by atoms with Gasteiger partial charge in [-0.1, -0.05) is 28.9 Å². The third kappa shape index (κ3) is 7.29. The third-order valence-corrected chi connectivity index (χ3v) is 7.20. The van der Waals surface area contributed by atoms with Crippen LogP contribution >= 0.6 is 23.4 Å². The minimum absolute atomic E-state index is 0.0513. The van der Waals surface area contributed by atoms with E-state index >= 15 is 0 Å². The second-order valence-corrected chi connectivity index (χ2v) is 9.93. The van der Waals surface area contributed by atoms with Gasteiger partial charge >= 0.3 is 0 Å². The quantitative estimate of drug-likeness (QED) is 0.385. The number of benzene rings is 2. The number of nitrogens with one attached hydrogen (secondary N) is 1. The van der Waals surface area contributed by atoms with Crippen LogP contribution in [0, 0.1) is 11.7 Å². The highest BCUT2D eigenvalue weighted by molar-refractivity contribution is 7.98. The first-order valence-electron chi connectivity index (χ1n) is 11.5. The molecule has 0 aliphatic carbocycles. The van der Waals surface area contributed by atoms with E-state index in [-0.39, 0.29) is 17.6 Å². The molecule has 34 heavy (non-hydrogen) atoms. The van der Waals surface area contributed by atoms with Crippen LogP contribution in [0.15, 0.2) is 53.1 Å². The van der Waals surface area contributed by atoms with Gasteiger partial charge in [-0.3, -0.25) is 9.69 Å². The Kier molecular flexibility index (Phi) is 8.96. The van der Waals surface area contributed by atoms with Crippen LogP contribution in [0.1, 0.15) is 30.7 Å². The van der Waals surface area contributed by atoms with E-state index in [2.05, 4.69) is 20.4 Å². The molecule has 2 aromatic carbocycles. The number of aromatic nitrogens is 2. The first kappa shape index (κ1) is 24.7. The summed E-state index contributed by atoms with van der Waals surface area (Å²) in [7, 11) is 0. The Morgan fingerprint density at radius 2 is 1.88 bits per heavy atom. The fourth-order valence-electron chi connectivity index (χ4n) is 3.88. The van der Waals surface area contributed by atoms with Gasteiger partial charge in [0.2, 0.25) is 17.6 Å². The summed E-state index contributed by atoms with van der Waals surface area (Å²) in [6.45, 7) is 2.92. The van der Waals surface area contributed by atoms with Gasteiger partial charge in [-0.15, -0.1) is 0 Å². The Labute approximate surface area is 208 Å². The molecular formula is C25H28ClFN4O2S. The van der Waals surface area contributed by atoms with Gasteiger partial charge in [-0.2, -0.15) is 16.7 Å². The number of carbonyl (C=O) groups excluding carboxylic acids is 1. The number of halogens is 2. The summed E-state index contributed by atoms with van der Waals surface area (Å²) in [4.78, 5) is 19.2. The van der Waals surface area contributed by atoms with E-state index in [1.807, 2.05) is 24.3 Å². The molecular weight excluding hydrogens is 475 g/mol. The van der Waals surface area contributed by atoms with Crippen molar-refractivity contribution in [1.29, 1.82) is 0 Å². The Bertz CT molecular complexity index is 1050. The molecule has 0 atom stereocenters. The van der Waals surface area contributed by atoms with E-state index in [0.29, 0.717) is 29.8 Å². The highest BCUT2D eigenvalue weighted by Crippen LogP contribution is 2.22. The predicted molar refractivity (Wildman–Crippen MR) is 133 cm³/mol. The summed E-state index contributed by atoms with van der Waals surface area (Å²) in [5, 5.41) is 7.81. The van der Waals surface area contributed by atoms with E-state index in [1.165, 1.54) is 12.1 Å². The van der Waals surface area contributed by atoms with Gasteiger partial charge in [0, 0.05) is 28.8 Å². The highest BCUT2D eigenvalue weighted by atomic mass is 35.5. The standard InChI is InChI=1S/C25H28ClFN4O2S/c26-21-6-4-19(5-7-21)24-29-23(33-30-24)16-31-13-10-20(11-14-31)25(32)28-12-1-15-34-17-18-2-8-22(27)9-3-18/h2-9,20H,1,10-17H2,(H,28,32). The molecule has 0 saturated carbocycles. The number of likely N-dealkylation sites (tertiary alicyclic amines) is 1. The van der Waals surface area contributed by atoms with E-state index in [0.717, 1.165) is 55.0 Å². The van der Waals surface area contributed by atoms with Crippen LogP contribution < -0.4 is 5.32 Å². The molecule has 180 valence electrons. The van der Waals surface area contributed by atoms with Gasteiger partial charge in [0.25, 0.3) is 0 Å². The van der Waals surface area contributed by atoms with Crippen LogP contribution in [0.4, 0.5) is 4.39 Å². The first-order valence-corrected chi connectivity index (χ1v) is 13.0. The van der Waals surface area contributed by atoms with Crippen molar-refractivity contribution >= 4 is 29.3 Å². The second-order valence-electron chi connectivity index (χ2n) is 8.39. The molecule has 1 fully saturated rings. The summed E-state index contributed by atoms with van der Waals surface area (Å²) < 4.78 is 18.3. The first-order chi connectivity index (χ1) is 16.6. The lowest BCUT2D eigenvalue weighted by molar-refractivity contribution is -0.126. The van der Waals surface area contributed by atoms with Crippen LogP contribution in [0.5, 0.6) is 0 Å². The smallest absolute Gasteiger partial charge is 0.241 e. The van der Waals surface area contributed by atoms with Gasteiger partial charge in [0.1, 0.15) is 5.82 Å². The Balaban J connectivity index is 1.10. The molecule has 1 aromatic heterocycles. The van der Waals surface area contributed by atoms with E-state index < -0.39 is 0 Å². The zero-order valence-electron chi connectivity index (χ0n) is 18.9. The summed E-state index contributed by atoms with van der Waals surface area (Å²) in [6, 6.07) is 13.9. The average molecular weight is 503 g/mol. The van der Waals surface area contributed by atoms with Crippen molar-refractivity contribution < 1.29 is 13.7 Å². The number of rotatable bonds is 10. The van der Waals surface area contributed by atoms with Gasteiger partial charge < -0.3 is 9.84 Å². The Hall–Kier alpha value is -2.42. The number of thioether (sulfide) groups is 1. The van der Waals surface area contributed by atoms with Crippen molar-refractivity contribution in [3.05, 3.63) is 70.8 Å².